The molecule has 0 spiro atoms. The van der Waals surface area contributed by atoms with Gasteiger partial charge in [0.15, 0.2) is 0 Å². The Balaban J connectivity index is 2.16. The molecule has 1 rings (SSSR count). The summed E-state index contributed by atoms with van der Waals surface area (Å²) < 4.78 is 0. The number of carboxylic acids is 1. The normalized spacial score (nSPS) is 19.1. The SMILES string of the molecule is CC(NC(=O)CCC1CCCCC1)C(=O)O. The lowest BCUT2D eigenvalue weighted by Gasteiger charge is -2.21. The molecule has 0 heterocycles. The predicted molar refractivity (Wildman–Crippen MR) is 61.0 cm³/mol. The second-order valence-corrected chi connectivity index (χ2v) is 4.67. The molecule has 92 valence electrons. The first-order chi connectivity index (χ1) is 7.59. The number of carbonyl (C=O) groups is 2. The van der Waals surface area contributed by atoms with Gasteiger partial charge in [-0.2, -0.15) is 0 Å². The molecule has 0 aliphatic heterocycles. The summed E-state index contributed by atoms with van der Waals surface area (Å²) in [7, 11) is 0. The van der Waals surface area contributed by atoms with Crippen LogP contribution in [0, 0.1) is 5.92 Å². The Bertz CT molecular complexity index is 247. The van der Waals surface area contributed by atoms with E-state index in [1.807, 2.05) is 0 Å². The molecule has 1 unspecified atom stereocenters. The van der Waals surface area contributed by atoms with E-state index in [0.29, 0.717) is 12.3 Å². The van der Waals surface area contributed by atoms with Gasteiger partial charge in [0.2, 0.25) is 5.91 Å². The molecule has 16 heavy (non-hydrogen) atoms. The van der Waals surface area contributed by atoms with E-state index in [0.717, 1.165) is 6.42 Å². The van der Waals surface area contributed by atoms with Crippen LogP contribution in [0.15, 0.2) is 0 Å². The molecule has 0 aromatic carbocycles. The van der Waals surface area contributed by atoms with Gasteiger partial charge >= 0.3 is 5.97 Å². The van der Waals surface area contributed by atoms with Gasteiger partial charge < -0.3 is 10.4 Å². The van der Waals surface area contributed by atoms with Crippen molar-refractivity contribution < 1.29 is 14.7 Å². The van der Waals surface area contributed by atoms with Crippen LogP contribution in [0.1, 0.15) is 51.9 Å². The molecule has 1 aliphatic rings. The van der Waals surface area contributed by atoms with Gasteiger partial charge in [0.1, 0.15) is 6.04 Å². The maximum atomic E-state index is 11.4. The summed E-state index contributed by atoms with van der Waals surface area (Å²) in [4.78, 5) is 22.0. The highest BCUT2D eigenvalue weighted by Crippen LogP contribution is 2.27. The first kappa shape index (κ1) is 13.0. The van der Waals surface area contributed by atoms with Crippen molar-refractivity contribution in [3.63, 3.8) is 0 Å². The number of carboxylic acid groups (broad SMARTS) is 1. The number of hydrogen-bond acceptors (Lipinski definition) is 2. The lowest BCUT2D eigenvalue weighted by molar-refractivity contribution is -0.141. The van der Waals surface area contributed by atoms with Gasteiger partial charge in [-0.25, -0.2) is 0 Å². The monoisotopic (exact) mass is 227 g/mol. The molecule has 1 saturated carbocycles. The highest BCUT2D eigenvalue weighted by molar-refractivity contribution is 5.83. The predicted octanol–water partition coefficient (Wildman–Crippen LogP) is 1.94. The van der Waals surface area contributed by atoms with Gasteiger partial charge in [-0.3, -0.25) is 9.59 Å². The highest BCUT2D eigenvalue weighted by Gasteiger charge is 2.17. The maximum absolute atomic E-state index is 11.4. The molecule has 0 aromatic heterocycles. The minimum atomic E-state index is -0.981. The molecule has 0 saturated heterocycles. The van der Waals surface area contributed by atoms with E-state index in [9.17, 15) is 9.59 Å². The summed E-state index contributed by atoms with van der Waals surface area (Å²) in [6, 6.07) is -0.779. The summed E-state index contributed by atoms with van der Waals surface area (Å²) in [5.74, 6) is -0.453. The van der Waals surface area contributed by atoms with Crippen LogP contribution in [-0.4, -0.2) is 23.0 Å². The molecule has 1 amide bonds. The zero-order valence-electron chi connectivity index (χ0n) is 9.87. The third-order valence-corrected chi connectivity index (χ3v) is 3.25. The van der Waals surface area contributed by atoms with Gasteiger partial charge in [0, 0.05) is 6.42 Å². The van der Waals surface area contributed by atoms with E-state index in [1.165, 1.54) is 39.0 Å². The summed E-state index contributed by atoms with van der Waals surface area (Å²) in [5, 5.41) is 11.1. The van der Waals surface area contributed by atoms with E-state index in [2.05, 4.69) is 5.32 Å². The first-order valence-electron chi connectivity index (χ1n) is 6.11. The van der Waals surface area contributed by atoms with Gasteiger partial charge in [0.25, 0.3) is 0 Å². The Kier molecular flexibility index (Phi) is 5.29. The van der Waals surface area contributed by atoms with Crippen LogP contribution in [0.2, 0.25) is 0 Å². The van der Waals surface area contributed by atoms with Crippen molar-refractivity contribution in [1.29, 1.82) is 0 Å². The van der Waals surface area contributed by atoms with Crippen LogP contribution in [0.3, 0.4) is 0 Å². The van der Waals surface area contributed by atoms with Gasteiger partial charge in [0.05, 0.1) is 0 Å². The molecule has 2 N–H and O–H groups in total. The number of amides is 1. The molecule has 0 aromatic rings. The summed E-state index contributed by atoms with van der Waals surface area (Å²) in [6.45, 7) is 1.49. The van der Waals surface area contributed by atoms with Crippen LogP contribution in [0.4, 0.5) is 0 Å². The maximum Gasteiger partial charge on any atom is 0.325 e. The van der Waals surface area contributed by atoms with Crippen molar-refractivity contribution in [3.05, 3.63) is 0 Å². The highest BCUT2D eigenvalue weighted by atomic mass is 16.4. The van der Waals surface area contributed by atoms with Crippen molar-refractivity contribution in [1.82, 2.24) is 5.32 Å². The van der Waals surface area contributed by atoms with Gasteiger partial charge in [-0.05, 0) is 19.3 Å². The van der Waals surface area contributed by atoms with Gasteiger partial charge in [-0.15, -0.1) is 0 Å². The Labute approximate surface area is 96.4 Å². The second kappa shape index (κ2) is 6.51. The molecule has 4 nitrogen and oxygen atoms in total. The van der Waals surface area contributed by atoms with E-state index in [4.69, 9.17) is 5.11 Å². The van der Waals surface area contributed by atoms with E-state index < -0.39 is 12.0 Å². The molecule has 4 heteroatoms. The Morgan fingerprint density at radius 2 is 1.94 bits per heavy atom. The average Bonchev–Trinajstić information content (AvgIpc) is 2.27. The van der Waals surface area contributed by atoms with Crippen LogP contribution in [0.5, 0.6) is 0 Å². The molecule has 1 fully saturated rings. The van der Waals surface area contributed by atoms with Crippen molar-refractivity contribution in [2.24, 2.45) is 5.92 Å². The Morgan fingerprint density at radius 1 is 1.31 bits per heavy atom. The molecular weight excluding hydrogens is 206 g/mol. The smallest absolute Gasteiger partial charge is 0.325 e. The third-order valence-electron chi connectivity index (χ3n) is 3.25. The number of nitrogens with one attached hydrogen (secondary N) is 1. The summed E-state index contributed by atoms with van der Waals surface area (Å²) in [5.41, 5.74) is 0. The lowest BCUT2D eigenvalue weighted by atomic mass is 9.86. The topological polar surface area (TPSA) is 66.4 Å². The van der Waals surface area contributed by atoms with Crippen molar-refractivity contribution >= 4 is 11.9 Å². The van der Waals surface area contributed by atoms with Crippen molar-refractivity contribution in [2.45, 2.75) is 57.9 Å². The number of carbonyl (C=O) groups excluding carboxylic acids is 1. The zero-order valence-corrected chi connectivity index (χ0v) is 9.87. The molecule has 0 radical (unpaired) electrons. The van der Waals surface area contributed by atoms with Crippen molar-refractivity contribution in [2.75, 3.05) is 0 Å². The van der Waals surface area contributed by atoms with Crippen LogP contribution in [-0.2, 0) is 9.59 Å². The lowest BCUT2D eigenvalue weighted by Crippen LogP contribution is -2.38. The Morgan fingerprint density at radius 3 is 2.50 bits per heavy atom. The van der Waals surface area contributed by atoms with Gasteiger partial charge in [-0.1, -0.05) is 32.1 Å². The van der Waals surface area contributed by atoms with E-state index >= 15 is 0 Å². The summed E-state index contributed by atoms with van der Waals surface area (Å²) in [6.07, 6.45) is 7.68. The number of rotatable bonds is 5. The molecule has 0 bridgehead atoms. The fraction of sp³-hybridized carbons (Fsp3) is 0.833. The number of hydrogen-bond donors (Lipinski definition) is 2. The van der Waals surface area contributed by atoms with Crippen LogP contribution >= 0.6 is 0 Å². The first-order valence-corrected chi connectivity index (χ1v) is 6.11. The minimum Gasteiger partial charge on any atom is -0.480 e. The quantitative estimate of drug-likeness (QED) is 0.754. The summed E-state index contributed by atoms with van der Waals surface area (Å²) >= 11 is 0. The van der Waals surface area contributed by atoms with E-state index in [1.54, 1.807) is 0 Å². The second-order valence-electron chi connectivity index (χ2n) is 4.67. The largest absolute Gasteiger partial charge is 0.480 e. The van der Waals surface area contributed by atoms with Crippen LogP contribution in [0.25, 0.3) is 0 Å². The zero-order chi connectivity index (χ0) is 12.0. The molecule has 1 aliphatic carbocycles. The molecule has 1 atom stereocenters. The Hall–Kier alpha value is -1.06. The standard InChI is InChI=1S/C12H21NO3/c1-9(12(15)16)13-11(14)8-7-10-5-3-2-4-6-10/h9-10H,2-8H2,1H3,(H,13,14)(H,15,16). The fourth-order valence-corrected chi connectivity index (χ4v) is 2.19. The average molecular weight is 227 g/mol. The molecular formula is C12H21NO3. The minimum absolute atomic E-state index is 0.138. The number of aliphatic carboxylic acids is 1. The van der Waals surface area contributed by atoms with Crippen LogP contribution < -0.4 is 5.32 Å². The van der Waals surface area contributed by atoms with E-state index in [-0.39, 0.29) is 5.91 Å². The van der Waals surface area contributed by atoms with Crippen molar-refractivity contribution in [3.8, 4) is 0 Å². The third kappa shape index (κ3) is 4.64. The fourth-order valence-electron chi connectivity index (χ4n) is 2.19.